The van der Waals surface area contributed by atoms with E-state index in [1.165, 1.54) is 12.0 Å². The number of halogens is 1. The molecule has 0 bridgehead atoms. The van der Waals surface area contributed by atoms with Gasteiger partial charge in [0, 0.05) is 24.1 Å². The first-order valence-electron chi connectivity index (χ1n) is 6.71. The fraction of sp³-hybridized carbons (Fsp3) is 0.600. The maximum absolute atomic E-state index is 3.49. The van der Waals surface area contributed by atoms with E-state index in [2.05, 4.69) is 71.3 Å². The summed E-state index contributed by atoms with van der Waals surface area (Å²) < 4.78 is 1.14. The summed E-state index contributed by atoms with van der Waals surface area (Å²) in [5.41, 5.74) is 1.36. The Kier molecular flexibility index (Phi) is 7.56. The third kappa shape index (κ3) is 7.14. The Labute approximate surface area is 120 Å². The molecule has 1 N–H and O–H groups in total. The molecule has 1 aromatic rings. The molecule has 0 unspecified atom stereocenters. The van der Waals surface area contributed by atoms with E-state index < -0.39 is 0 Å². The minimum atomic E-state index is 0.790. The van der Waals surface area contributed by atoms with Crippen LogP contribution in [0.4, 0.5) is 0 Å². The van der Waals surface area contributed by atoms with Crippen LogP contribution in [-0.2, 0) is 6.54 Å². The Hall–Kier alpha value is -0.380. The van der Waals surface area contributed by atoms with Gasteiger partial charge in [0.2, 0.25) is 0 Å². The zero-order valence-corrected chi connectivity index (χ0v) is 13.3. The van der Waals surface area contributed by atoms with Crippen LogP contribution in [0.1, 0.15) is 25.8 Å². The lowest BCUT2D eigenvalue weighted by atomic mass is 10.1. The normalized spacial score (nSPS) is 11.4. The SMILES string of the molecule is CC(C)CCNCCN(C)Cc1ccc(Br)cc1. The van der Waals surface area contributed by atoms with E-state index in [9.17, 15) is 0 Å². The van der Waals surface area contributed by atoms with Gasteiger partial charge >= 0.3 is 0 Å². The van der Waals surface area contributed by atoms with Gasteiger partial charge in [0.15, 0.2) is 0 Å². The maximum atomic E-state index is 3.49. The first-order chi connectivity index (χ1) is 8.58. The van der Waals surface area contributed by atoms with E-state index in [4.69, 9.17) is 0 Å². The number of benzene rings is 1. The second-order valence-electron chi connectivity index (χ2n) is 5.30. The van der Waals surface area contributed by atoms with Gasteiger partial charge in [-0.2, -0.15) is 0 Å². The minimum absolute atomic E-state index is 0.790. The zero-order chi connectivity index (χ0) is 13.4. The van der Waals surface area contributed by atoms with Crippen molar-refractivity contribution in [2.45, 2.75) is 26.8 Å². The van der Waals surface area contributed by atoms with Crippen molar-refractivity contribution in [1.29, 1.82) is 0 Å². The molecule has 1 aromatic carbocycles. The lowest BCUT2D eigenvalue weighted by Crippen LogP contribution is -2.29. The van der Waals surface area contributed by atoms with Crippen LogP contribution in [0.25, 0.3) is 0 Å². The smallest absolute Gasteiger partial charge is 0.0231 e. The molecule has 0 heterocycles. The highest BCUT2D eigenvalue weighted by Crippen LogP contribution is 2.11. The molecule has 0 atom stereocenters. The molecule has 2 nitrogen and oxygen atoms in total. The van der Waals surface area contributed by atoms with E-state index >= 15 is 0 Å². The number of likely N-dealkylation sites (N-methyl/N-ethyl adjacent to an activating group) is 1. The van der Waals surface area contributed by atoms with Crippen molar-refractivity contribution in [3.05, 3.63) is 34.3 Å². The van der Waals surface area contributed by atoms with Crippen LogP contribution >= 0.6 is 15.9 Å². The summed E-state index contributed by atoms with van der Waals surface area (Å²) in [6.45, 7) is 8.83. The van der Waals surface area contributed by atoms with Crippen LogP contribution in [0.3, 0.4) is 0 Å². The molecule has 0 aliphatic heterocycles. The zero-order valence-electron chi connectivity index (χ0n) is 11.7. The lowest BCUT2D eigenvalue weighted by molar-refractivity contribution is 0.323. The number of nitrogens with zero attached hydrogens (tertiary/aromatic N) is 1. The second kappa shape index (κ2) is 8.68. The van der Waals surface area contributed by atoms with Gasteiger partial charge in [-0.1, -0.05) is 41.9 Å². The Bertz CT molecular complexity index is 322. The molecule has 0 fully saturated rings. The van der Waals surface area contributed by atoms with Crippen molar-refractivity contribution in [1.82, 2.24) is 10.2 Å². The van der Waals surface area contributed by atoms with Crippen LogP contribution in [0.15, 0.2) is 28.7 Å². The standard InChI is InChI=1S/C15H25BrN2/c1-13(2)8-9-17-10-11-18(3)12-14-4-6-15(16)7-5-14/h4-7,13,17H,8-12H2,1-3H3. The third-order valence-corrected chi connectivity index (χ3v) is 3.46. The van der Waals surface area contributed by atoms with Crippen LogP contribution < -0.4 is 5.32 Å². The largest absolute Gasteiger partial charge is 0.315 e. The van der Waals surface area contributed by atoms with Crippen molar-refractivity contribution in [3.8, 4) is 0 Å². The van der Waals surface area contributed by atoms with Gasteiger partial charge in [0.25, 0.3) is 0 Å². The fourth-order valence-electron chi connectivity index (χ4n) is 1.77. The van der Waals surface area contributed by atoms with Crippen LogP contribution in [0, 0.1) is 5.92 Å². The highest BCUT2D eigenvalue weighted by atomic mass is 79.9. The average Bonchev–Trinajstić information content (AvgIpc) is 2.31. The molecule has 0 aliphatic carbocycles. The highest BCUT2D eigenvalue weighted by Gasteiger charge is 2.00. The summed E-state index contributed by atoms with van der Waals surface area (Å²) in [5, 5.41) is 3.49. The fourth-order valence-corrected chi connectivity index (χ4v) is 2.03. The summed E-state index contributed by atoms with van der Waals surface area (Å²) in [7, 11) is 2.17. The predicted octanol–water partition coefficient (Wildman–Crippen LogP) is 3.52. The molecule has 0 saturated heterocycles. The van der Waals surface area contributed by atoms with Crippen LogP contribution in [0.5, 0.6) is 0 Å². The third-order valence-electron chi connectivity index (χ3n) is 2.93. The van der Waals surface area contributed by atoms with Crippen LogP contribution in [0.2, 0.25) is 0 Å². The molecule has 0 radical (unpaired) electrons. The minimum Gasteiger partial charge on any atom is -0.315 e. The molecule has 18 heavy (non-hydrogen) atoms. The second-order valence-corrected chi connectivity index (χ2v) is 6.21. The van der Waals surface area contributed by atoms with Crippen molar-refractivity contribution >= 4 is 15.9 Å². The average molecular weight is 313 g/mol. The van der Waals surface area contributed by atoms with E-state index in [1.807, 2.05) is 0 Å². The van der Waals surface area contributed by atoms with Gasteiger partial charge in [-0.05, 0) is 43.6 Å². The number of nitrogens with one attached hydrogen (secondary N) is 1. The van der Waals surface area contributed by atoms with Crippen molar-refractivity contribution in [2.24, 2.45) is 5.92 Å². The predicted molar refractivity (Wildman–Crippen MR) is 82.8 cm³/mol. The number of hydrogen-bond acceptors (Lipinski definition) is 2. The Morgan fingerprint density at radius 1 is 1.17 bits per heavy atom. The van der Waals surface area contributed by atoms with Gasteiger partial charge in [0.1, 0.15) is 0 Å². The quantitative estimate of drug-likeness (QED) is 0.739. The van der Waals surface area contributed by atoms with E-state index in [0.29, 0.717) is 0 Å². The van der Waals surface area contributed by atoms with E-state index in [0.717, 1.165) is 36.6 Å². The first-order valence-corrected chi connectivity index (χ1v) is 7.51. The van der Waals surface area contributed by atoms with Crippen LogP contribution in [-0.4, -0.2) is 31.6 Å². The molecule has 0 amide bonds. The van der Waals surface area contributed by atoms with Gasteiger partial charge in [-0.3, -0.25) is 0 Å². The van der Waals surface area contributed by atoms with Crippen molar-refractivity contribution < 1.29 is 0 Å². The Morgan fingerprint density at radius 3 is 2.44 bits per heavy atom. The number of hydrogen-bond donors (Lipinski definition) is 1. The van der Waals surface area contributed by atoms with E-state index in [1.54, 1.807) is 0 Å². The van der Waals surface area contributed by atoms with Gasteiger partial charge in [-0.25, -0.2) is 0 Å². The summed E-state index contributed by atoms with van der Waals surface area (Å²) in [6.07, 6.45) is 1.26. The van der Waals surface area contributed by atoms with Gasteiger partial charge in [-0.15, -0.1) is 0 Å². The highest BCUT2D eigenvalue weighted by molar-refractivity contribution is 9.10. The summed E-state index contributed by atoms with van der Waals surface area (Å²) >= 11 is 3.46. The van der Waals surface area contributed by atoms with Gasteiger partial charge < -0.3 is 10.2 Å². The Morgan fingerprint density at radius 2 is 1.83 bits per heavy atom. The molecule has 0 aliphatic rings. The first kappa shape index (κ1) is 15.7. The van der Waals surface area contributed by atoms with Gasteiger partial charge in [0.05, 0.1) is 0 Å². The molecule has 1 rings (SSSR count). The maximum Gasteiger partial charge on any atom is 0.0231 e. The molecule has 0 aromatic heterocycles. The molecule has 102 valence electrons. The van der Waals surface area contributed by atoms with E-state index in [-0.39, 0.29) is 0 Å². The molecule has 3 heteroatoms. The molecular formula is C15H25BrN2. The summed E-state index contributed by atoms with van der Waals surface area (Å²) in [6, 6.07) is 8.55. The Balaban J connectivity index is 2.13. The monoisotopic (exact) mass is 312 g/mol. The number of rotatable bonds is 8. The molecule has 0 spiro atoms. The lowest BCUT2D eigenvalue weighted by Gasteiger charge is -2.17. The summed E-state index contributed by atoms with van der Waals surface area (Å²) in [5.74, 6) is 0.790. The van der Waals surface area contributed by atoms with Crippen molar-refractivity contribution in [3.63, 3.8) is 0 Å². The summed E-state index contributed by atoms with van der Waals surface area (Å²) in [4.78, 5) is 2.35. The topological polar surface area (TPSA) is 15.3 Å². The molecule has 0 saturated carbocycles. The molecular weight excluding hydrogens is 288 g/mol. The van der Waals surface area contributed by atoms with Crippen molar-refractivity contribution in [2.75, 3.05) is 26.7 Å².